The van der Waals surface area contributed by atoms with Crippen LogP contribution >= 0.6 is 11.8 Å². The van der Waals surface area contributed by atoms with Gasteiger partial charge in [-0.25, -0.2) is 14.8 Å². The maximum absolute atomic E-state index is 12.8. The number of rotatable bonds is 5. The van der Waals surface area contributed by atoms with Crippen molar-refractivity contribution in [3.8, 4) is 0 Å². The van der Waals surface area contributed by atoms with E-state index >= 15 is 0 Å². The van der Waals surface area contributed by atoms with Gasteiger partial charge in [0.25, 0.3) is 5.56 Å². The van der Waals surface area contributed by atoms with E-state index in [2.05, 4.69) is 9.97 Å². The minimum atomic E-state index is -0.480. The summed E-state index contributed by atoms with van der Waals surface area (Å²) in [7, 11) is 4.37. The van der Waals surface area contributed by atoms with E-state index < -0.39 is 16.5 Å². The van der Waals surface area contributed by atoms with Crippen LogP contribution in [0.2, 0.25) is 0 Å². The lowest BCUT2D eigenvalue weighted by Crippen LogP contribution is -2.38. The Morgan fingerprint density at radius 1 is 1.22 bits per heavy atom. The van der Waals surface area contributed by atoms with Gasteiger partial charge in [-0.2, -0.15) is 0 Å². The third kappa shape index (κ3) is 3.52. The Labute approximate surface area is 161 Å². The summed E-state index contributed by atoms with van der Waals surface area (Å²) in [5.41, 5.74) is -0.560. The van der Waals surface area contributed by atoms with Gasteiger partial charge in [0.05, 0.1) is 7.11 Å². The van der Waals surface area contributed by atoms with Crippen molar-refractivity contribution in [3.05, 3.63) is 26.7 Å². The first kappa shape index (κ1) is 19.6. The first-order valence-corrected chi connectivity index (χ1v) is 9.99. The van der Waals surface area contributed by atoms with Gasteiger partial charge < -0.3 is 4.74 Å². The molecule has 0 radical (unpaired) electrons. The minimum absolute atomic E-state index is 0.214. The maximum atomic E-state index is 12.8. The standard InChI is InChI=1S/C18H24N4O4S/c1-5-11(17(24)26-4)27-15-12-14(21(2)18(25)22(3)16(12)23)19-13(20-15)10-8-6-7-9-10/h10-11H,5-9H2,1-4H3/t11-/m0/s1. The molecule has 0 spiro atoms. The molecule has 1 fully saturated rings. The van der Waals surface area contributed by atoms with Crippen LogP contribution in [-0.4, -0.2) is 37.4 Å². The monoisotopic (exact) mass is 392 g/mol. The van der Waals surface area contributed by atoms with Gasteiger partial charge >= 0.3 is 11.7 Å². The second-order valence-corrected chi connectivity index (χ2v) is 8.00. The number of methoxy groups -OCH3 is 1. The fourth-order valence-corrected chi connectivity index (χ4v) is 4.53. The molecule has 3 rings (SSSR count). The van der Waals surface area contributed by atoms with Crippen LogP contribution in [0.3, 0.4) is 0 Å². The Balaban J connectivity index is 2.26. The zero-order chi connectivity index (χ0) is 19.7. The molecular weight excluding hydrogens is 368 g/mol. The van der Waals surface area contributed by atoms with Crippen LogP contribution in [0, 0.1) is 0 Å². The fraction of sp³-hybridized carbons (Fsp3) is 0.611. The fourth-order valence-electron chi connectivity index (χ4n) is 3.46. The molecule has 2 heterocycles. The second kappa shape index (κ2) is 7.84. The highest BCUT2D eigenvalue weighted by Crippen LogP contribution is 2.35. The Hall–Kier alpha value is -2.16. The van der Waals surface area contributed by atoms with Crippen molar-refractivity contribution in [3.63, 3.8) is 0 Å². The van der Waals surface area contributed by atoms with Gasteiger partial charge in [-0.15, -0.1) is 0 Å². The topological polar surface area (TPSA) is 96.1 Å². The minimum Gasteiger partial charge on any atom is -0.468 e. The summed E-state index contributed by atoms with van der Waals surface area (Å²) in [5, 5.41) is 0.232. The predicted molar refractivity (Wildman–Crippen MR) is 103 cm³/mol. The van der Waals surface area contributed by atoms with Crippen LogP contribution in [0.25, 0.3) is 11.0 Å². The van der Waals surface area contributed by atoms with E-state index in [0.29, 0.717) is 22.9 Å². The quantitative estimate of drug-likeness (QED) is 0.434. The lowest BCUT2D eigenvalue weighted by atomic mass is 10.1. The summed E-state index contributed by atoms with van der Waals surface area (Å²) in [5.74, 6) is 0.495. The van der Waals surface area contributed by atoms with Gasteiger partial charge in [0, 0.05) is 20.0 Å². The Bertz CT molecular complexity index is 991. The number of aryl methyl sites for hydroxylation is 1. The molecular formula is C18H24N4O4S. The number of hydrogen-bond donors (Lipinski definition) is 0. The molecule has 0 N–H and O–H groups in total. The Kier molecular flexibility index (Phi) is 5.69. The van der Waals surface area contributed by atoms with Crippen LogP contribution in [0.5, 0.6) is 0 Å². The maximum Gasteiger partial charge on any atom is 0.332 e. The van der Waals surface area contributed by atoms with E-state index in [9.17, 15) is 14.4 Å². The molecule has 1 aliphatic carbocycles. The summed E-state index contributed by atoms with van der Waals surface area (Å²) in [6, 6.07) is 0. The van der Waals surface area contributed by atoms with Gasteiger partial charge in [0.15, 0.2) is 5.65 Å². The van der Waals surface area contributed by atoms with Gasteiger partial charge in [-0.3, -0.25) is 18.7 Å². The molecule has 1 aliphatic rings. The smallest absolute Gasteiger partial charge is 0.332 e. The van der Waals surface area contributed by atoms with E-state index in [1.807, 2.05) is 6.92 Å². The molecule has 1 atom stereocenters. The first-order chi connectivity index (χ1) is 12.9. The van der Waals surface area contributed by atoms with Crippen molar-refractivity contribution in [1.82, 2.24) is 19.1 Å². The van der Waals surface area contributed by atoms with E-state index in [0.717, 1.165) is 30.3 Å². The SMILES string of the molecule is CC[C@H](Sc1nc(C2CCCC2)nc2c1c(=O)n(C)c(=O)n2C)C(=O)OC. The predicted octanol–water partition coefficient (Wildman–Crippen LogP) is 1.73. The first-order valence-electron chi connectivity index (χ1n) is 9.11. The van der Waals surface area contributed by atoms with Gasteiger partial charge in [0.1, 0.15) is 21.5 Å². The van der Waals surface area contributed by atoms with Crippen molar-refractivity contribution in [1.29, 1.82) is 0 Å². The van der Waals surface area contributed by atoms with Gasteiger partial charge in [-0.1, -0.05) is 31.5 Å². The van der Waals surface area contributed by atoms with Crippen molar-refractivity contribution in [2.45, 2.75) is 55.2 Å². The highest BCUT2D eigenvalue weighted by atomic mass is 32.2. The number of carbonyl (C=O) groups is 1. The number of esters is 1. The van der Waals surface area contributed by atoms with E-state index in [1.54, 1.807) is 7.05 Å². The zero-order valence-corrected chi connectivity index (χ0v) is 16.8. The van der Waals surface area contributed by atoms with Gasteiger partial charge in [0.2, 0.25) is 0 Å². The van der Waals surface area contributed by atoms with Crippen LogP contribution in [0.1, 0.15) is 50.8 Å². The van der Waals surface area contributed by atoms with Crippen LogP contribution in [-0.2, 0) is 23.6 Å². The number of thioether (sulfide) groups is 1. The van der Waals surface area contributed by atoms with Crippen molar-refractivity contribution in [2.75, 3.05) is 7.11 Å². The number of aromatic nitrogens is 4. The molecule has 1 saturated carbocycles. The third-order valence-corrected chi connectivity index (χ3v) is 6.42. The highest BCUT2D eigenvalue weighted by molar-refractivity contribution is 8.00. The molecule has 27 heavy (non-hydrogen) atoms. The lowest BCUT2D eigenvalue weighted by molar-refractivity contribution is -0.140. The van der Waals surface area contributed by atoms with E-state index in [-0.39, 0.29) is 17.3 Å². The molecule has 0 aromatic carbocycles. The summed E-state index contributed by atoms with van der Waals surface area (Å²) < 4.78 is 7.29. The van der Waals surface area contributed by atoms with Crippen LogP contribution in [0.4, 0.5) is 0 Å². The third-order valence-electron chi connectivity index (χ3n) is 5.09. The van der Waals surface area contributed by atoms with Gasteiger partial charge in [-0.05, 0) is 19.3 Å². The average Bonchev–Trinajstić information content (AvgIpc) is 3.22. The molecule has 8 nitrogen and oxygen atoms in total. The molecule has 0 unspecified atom stereocenters. The molecule has 0 aliphatic heterocycles. The Morgan fingerprint density at radius 2 is 1.89 bits per heavy atom. The average molecular weight is 392 g/mol. The zero-order valence-electron chi connectivity index (χ0n) is 16.0. The van der Waals surface area contributed by atoms with Crippen LogP contribution in [0.15, 0.2) is 14.6 Å². The summed E-state index contributed by atoms with van der Waals surface area (Å²) in [6.45, 7) is 1.88. The summed E-state index contributed by atoms with van der Waals surface area (Å²) in [4.78, 5) is 46.5. The number of nitrogens with zero attached hydrogens (tertiary/aromatic N) is 4. The largest absolute Gasteiger partial charge is 0.468 e. The summed E-state index contributed by atoms with van der Waals surface area (Å²) in [6.07, 6.45) is 4.74. The van der Waals surface area contributed by atoms with Crippen LogP contribution < -0.4 is 11.2 Å². The summed E-state index contributed by atoms with van der Waals surface area (Å²) >= 11 is 1.21. The van der Waals surface area contributed by atoms with Crippen molar-refractivity contribution >= 4 is 28.8 Å². The lowest BCUT2D eigenvalue weighted by Gasteiger charge is -2.17. The van der Waals surface area contributed by atoms with E-state index in [1.165, 1.54) is 30.5 Å². The molecule has 9 heteroatoms. The normalized spacial score (nSPS) is 16.0. The highest BCUT2D eigenvalue weighted by Gasteiger charge is 2.27. The number of hydrogen-bond acceptors (Lipinski definition) is 7. The Morgan fingerprint density at radius 3 is 2.48 bits per heavy atom. The molecule has 0 saturated heterocycles. The number of fused-ring (bicyclic) bond motifs is 1. The molecule has 0 amide bonds. The van der Waals surface area contributed by atoms with Crippen molar-refractivity contribution < 1.29 is 9.53 Å². The number of ether oxygens (including phenoxy) is 1. The molecule has 146 valence electrons. The second-order valence-electron chi connectivity index (χ2n) is 6.81. The molecule has 0 bridgehead atoms. The number of carbonyl (C=O) groups excluding carboxylic acids is 1. The van der Waals surface area contributed by atoms with E-state index in [4.69, 9.17) is 4.74 Å². The molecule has 2 aromatic rings. The van der Waals surface area contributed by atoms with Crippen molar-refractivity contribution in [2.24, 2.45) is 14.1 Å². The molecule has 2 aromatic heterocycles.